The highest BCUT2D eigenvalue weighted by Crippen LogP contribution is 2.30. The van der Waals surface area contributed by atoms with Gasteiger partial charge in [0, 0.05) is 0 Å². The number of rotatable bonds is 5. The monoisotopic (exact) mass is 161 g/mol. The Morgan fingerprint density at radius 1 is 1.40 bits per heavy atom. The molecule has 0 aromatic heterocycles. The van der Waals surface area contributed by atoms with E-state index in [1.807, 2.05) is 0 Å². The van der Waals surface area contributed by atoms with Crippen molar-refractivity contribution in [2.24, 2.45) is 0 Å². The summed E-state index contributed by atoms with van der Waals surface area (Å²) >= 11 is 0. The van der Waals surface area contributed by atoms with Crippen molar-refractivity contribution in [1.82, 2.24) is 0 Å². The van der Waals surface area contributed by atoms with Crippen molar-refractivity contribution < 1.29 is 4.57 Å². The van der Waals surface area contributed by atoms with Crippen molar-refractivity contribution in [2.45, 2.75) is 45.7 Å². The molecular formula is C8H18OP+. The van der Waals surface area contributed by atoms with Crippen LogP contribution in [0.2, 0.25) is 0 Å². The van der Waals surface area contributed by atoms with Crippen LogP contribution < -0.4 is 0 Å². The van der Waals surface area contributed by atoms with Crippen LogP contribution in [0.5, 0.6) is 0 Å². The average molecular weight is 161 g/mol. The van der Waals surface area contributed by atoms with E-state index in [0.717, 1.165) is 25.4 Å². The number of hydrogen-bond donors (Lipinski definition) is 0. The molecule has 10 heavy (non-hydrogen) atoms. The summed E-state index contributed by atoms with van der Waals surface area (Å²) in [6, 6.07) is 0. The second kappa shape index (κ2) is 5.85. The molecule has 2 unspecified atom stereocenters. The smallest absolute Gasteiger partial charge is 0.0745 e. The number of unbranched alkanes of at least 4 members (excludes halogenated alkanes) is 1. The van der Waals surface area contributed by atoms with Gasteiger partial charge in [-0.2, -0.15) is 0 Å². The minimum absolute atomic E-state index is 0.432. The Bertz CT molecular complexity index is 101. The lowest BCUT2D eigenvalue weighted by atomic mass is 10.4. The van der Waals surface area contributed by atoms with Crippen LogP contribution in [0.3, 0.4) is 0 Å². The molecule has 0 saturated heterocycles. The molecule has 0 amide bonds. The molecule has 60 valence electrons. The van der Waals surface area contributed by atoms with Gasteiger partial charge in [0.2, 0.25) is 0 Å². The zero-order valence-corrected chi connectivity index (χ0v) is 8.16. The van der Waals surface area contributed by atoms with Crippen LogP contribution in [-0.4, -0.2) is 11.8 Å². The zero-order chi connectivity index (χ0) is 7.98. The molecule has 0 spiro atoms. The van der Waals surface area contributed by atoms with Crippen LogP contribution in [0.1, 0.15) is 40.0 Å². The summed E-state index contributed by atoms with van der Waals surface area (Å²) in [4.78, 5) is 0. The Labute approximate surface area is 65.0 Å². The fourth-order valence-corrected chi connectivity index (χ4v) is 2.21. The topological polar surface area (TPSA) is 17.1 Å². The summed E-state index contributed by atoms with van der Waals surface area (Å²) in [7, 11) is -0.898. The van der Waals surface area contributed by atoms with E-state index in [4.69, 9.17) is 0 Å². The Balaban J connectivity index is 3.42. The van der Waals surface area contributed by atoms with Crippen molar-refractivity contribution >= 4 is 7.80 Å². The van der Waals surface area contributed by atoms with Gasteiger partial charge in [-0.25, -0.2) is 0 Å². The van der Waals surface area contributed by atoms with Gasteiger partial charge in [0.05, 0.1) is 0 Å². The second-order valence-electron chi connectivity index (χ2n) is 2.75. The lowest BCUT2D eigenvalue weighted by Crippen LogP contribution is -1.94. The van der Waals surface area contributed by atoms with Crippen molar-refractivity contribution in [3.05, 3.63) is 0 Å². The molecule has 0 aliphatic carbocycles. The van der Waals surface area contributed by atoms with Gasteiger partial charge in [-0.15, -0.1) is 0 Å². The number of hydrogen-bond acceptors (Lipinski definition) is 1. The molecule has 0 saturated carbocycles. The summed E-state index contributed by atoms with van der Waals surface area (Å²) in [5.74, 6) is 0. The van der Waals surface area contributed by atoms with E-state index in [1.54, 1.807) is 0 Å². The second-order valence-corrected chi connectivity index (χ2v) is 4.91. The SMILES string of the molecule is CCCC[P+](=O)C(C)CC. The lowest BCUT2D eigenvalue weighted by Gasteiger charge is -1.93. The van der Waals surface area contributed by atoms with E-state index in [0.29, 0.717) is 5.66 Å². The highest BCUT2D eigenvalue weighted by molar-refractivity contribution is 7.45. The Morgan fingerprint density at radius 2 is 2.00 bits per heavy atom. The minimum Gasteiger partial charge on any atom is -0.0745 e. The Hall–Kier alpha value is 0.100. The van der Waals surface area contributed by atoms with E-state index in [1.165, 1.54) is 0 Å². The zero-order valence-electron chi connectivity index (χ0n) is 7.26. The van der Waals surface area contributed by atoms with Gasteiger partial charge in [-0.3, -0.25) is 0 Å². The molecule has 0 rings (SSSR count). The third-order valence-electron chi connectivity index (χ3n) is 1.81. The molecule has 0 radical (unpaired) electrons. The van der Waals surface area contributed by atoms with Crippen LogP contribution in [-0.2, 0) is 4.57 Å². The van der Waals surface area contributed by atoms with E-state index < -0.39 is 7.80 Å². The molecule has 0 aromatic carbocycles. The first-order chi connectivity index (χ1) is 4.72. The van der Waals surface area contributed by atoms with Gasteiger partial charge < -0.3 is 0 Å². The Morgan fingerprint density at radius 3 is 2.40 bits per heavy atom. The maximum Gasteiger partial charge on any atom is 0.341 e. The molecule has 0 N–H and O–H groups in total. The molecular weight excluding hydrogens is 143 g/mol. The van der Waals surface area contributed by atoms with Crippen LogP contribution in [0, 0.1) is 0 Å². The first-order valence-corrected chi connectivity index (χ1v) is 5.67. The molecule has 0 bridgehead atoms. The molecule has 0 aromatic rings. The van der Waals surface area contributed by atoms with Gasteiger partial charge >= 0.3 is 7.80 Å². The summed E-state index contributed by atoms with van der Waals surface area (Å²) in [5.41, 5.74) is 0.432. The largest absolute Gasteiger partial charge is 0.341 e. The van der Waals surface area contributed by atoms with Gasteiger partial charge in [0.25, 0.3) is 0 Å². The highest BCUT2D eigenvalue weighted by Gasteiger charge is 2.21. The van der Waals surface area contributed by atoms with E-state index in [2.05, 4.69) is 20.8 Å². The van der Waals surface area contributed by atoms with Crippen molar-refractivity contribution in [1.29, 1.82) is 0 Å². The minimum atomic E-state index is -0.898. The molecule has 1 nitrogen and oxygen atoms in total. The fraction of sp³-hybridized carbons (Fsp3) is 1.00. The summed E-state index contributed by atoms with van der Waals surface area (Å²) < 4.78 is 11.3. The third kappa shape index (κ3) is 4.00. The predicted molar refractivity (Wildman–Crippen MR) is 47.1 cm³/mol. The van der Waals surface area contributed by atoms with Crippen molar-refractivity contribution in [3.63, 3.8) is 0 Å². The summed E-state index contributed by atoms with van der Waals surface area (Å²) in [6.07, 6.45) is 4.27. The van der Waals surface area contributed by atoms with Gasteiger partial charge in [0.15, 0.2) is 5.66 Å². The fourth-order valence-electron chi connectivity index (χ4n) is 0.738. The maximum atomic E-state index is 11.3. The predicted octanol–water partition coefficient (Wildman–Crippen LogP) is 3.41. The van der Waals surface area contributed by atoms with Crippen LogP contribution >= 0.6 is 7.80 Å². The van der Waals surface area contributed by atoms with Gasteiger partial charge in [-0.05, 0) is 19.8 Å². The van der Waals surface area contributed by atoms with Crippen molar-refractivity contribution in [3.8, 4) is 0 Å². The van der Waals surface area contributed by atoms with Gasteiger partial charge in [-0.1, -0.05) is 24.8 Å². The van der Waals surface area contributed by atoms with Crippen molar-refractivity contribution in [2.75, 3.05) is 6.16 Å². The summed E-state index contributed by atoms with van der Waals surface area (Å²) in [5, 5.41) is 0. The molecule has 0 heterocycles. The maximum absolute atomic E-state index is 11.3. The Kier molecular flexibility index (Phi) is 5.91. The van der Waals surface area contributed by atoms with Gasteiger partial charge in [0.1, 0.15) is 6.16 Å². The molecule has 0 aliphatic rings. The first kappa shape index (κ1) is 10.1. The van der Waals surface area contributed by atoms with Crippen LogP contribution in [0.25, 0.3) is 0 Å². The molecule has 2 heteroatoms. The normalized spacial score (nSPS) is 14.9. The van der Waals surface area contributed by atoms with E-state index in [-0.39, 0.29) is 0 Å². The first-order valence-electron chi connectivity index (χ1n) is 4.16. The lowest BCUT2D eigenvalue weighted by molar-refractivity contribution is 0.576. The van der Waals surface area contributed by atoms with E-state index in [9.17, 15) is 4.57 Å². The molecule has 0 fully saturated rings. The average Bonchev–Trinajstić information content (AvgIpc) is 1.98. The standard InChI is InChI=1S/C8H18OP/c1-4-6-7-10(9)8(3)5-2/h8H,4-7H2,1-3H3/q+1. The van der Waals surface area contributed by atoms with Crippen LogP contribution in [0.15, 0.2) is 0 Å². The third-order valence-corrected chi connectivity index (χ3v) is 3.92. The molecule has 2 atom stereocenters. The summed E-state index contributed by atoms with van der Waals surface area (Å²) in [6.45, 7) is 6.32. The molecule has 0 aliphatic heterocycles. The quantitative estimate of drug-likeness (QED) is 0.564. The highest BCUT2D eigenvalue weighted by atomic mass is 31.1. The van der Waals surface area contributed by atoms with Crippen LogP contribution in [0.4, 0.5) is 0 Å². The van der Waals surface area contributed by atoms with E-state index >= 15 is 0 Å².